The highest BCUT2D eigenvalue weighted by atomic mass is 35.5. The molecule has 0 radical (unpaired) electrons. The molecule has 0 saturated heterocycles. The predicted molar refractivity (Wildman–Crippen MR) is 71.1 cm³/mol. The van der Waals surface area contributed by atoms with Gasteiger partial charge in [-0.3, -0.25) is 4.98 Å². The van der Waals surface area contributed by atoms with Crippen LogP contribution in [0.3, 0.4) is 0 Å². The maximum Gasteiger partial charge on any atom is 0.142 e. The molecular formula is C14H14ClFN2. The van der Waals surface area contributed by atoms with Crippen LogP contribution >= 0.6 is 11.6 Å². The van der Waals surface area contributed by atoms with Crippen LogP contribution in [0.1, 0.15) is 11.1 Å². The van der Waals surface area contributed by atoms with Crippen molar-refractivity contribution in [2.75, 3.05) is 6.54 Å². The van der Waals surface area contributed by atoms with Gasteiger partial charge in [-0.05, 0) is 42.3 Å². The highest BCUT2D eigenvalue weighted by Gasteiger charge is 2.00. The van der Waals surface area contributed by atoms with E-state index in [1.807, 2.05) is 24.4 Å². The smallest absolute Gasteiger partial charge is 0.142 e. The fraction of sp³-hybridized carbons (Fsp3) is 0.214. The van der Waals surface area contributed by atoms with E-state index in [9.17, 15) is 4.39 Å². The van der Waals surface area contributed by atoms with E-state index >= 15 is 0 Å². The molecule has 0 spiro atoms. The van der Waals surface area contributed by atoms with Gasteiger partial charge in [0.25, 0.3) is 0 Å². The topological polar surface area (TPSA) is 24.9 Å². The first-order chi connectivity index (χ1) is 8.75. The van der Waals surface area contributed by atoms with Crippen molar-refractivity contribution in [1.29, 1.82) is 0 Å². The van der Waals surface area contributed by atoms with Gasteiger partial charge in [0.15, 0.2) is 0 Å². The molecule has 1 aromatic carbocycles. The molecule has 2 aromatic rings. The zero-order valence-electron chi connectivity index (χ0n) is 9.87. The number of nitrogens with zero attached hydrogens (tertiary/aromatic N) is 1. The first-order valence-corrected chi connectivity index (χ1v) is 6.17. The summed E-state index contributed by atoms with van der Waals surface area (Å²) in [6.07, 6.45) is 4.51. The monoisotopic (exact) mass is 264 g/mol. The van der Waals surface area contributed by atoms with Crippen LogP contribution in [-0.4, -0.2) is 11.5 Å². The maximum atomic E-state index is 13.2. The van der Waals surface area contributed by atoms with Gasteiger partial charge in [0.1, 0.15) is 5.82 Å². The average molecular weight is 265 g/mol. The number of aromatic nitrogens is 1. The summed E-state index contributed by atoms with van der Waals surface area (Å²) < 4.78 is 13.2. The molecule has 0 bridgehead atoms. The summed E-state index contributed by atoms with van der Waals surface area (Å²) in [4.78, 5) is 4.05. The van der Waals surface area contributed by atoms with Crippen molar-refractivity contribution in [3.8, 4) is 0 Å². The van der Waals surface area contributed by atoms with Crippen molar-refractivity contribution in [2.45, 2.75) is 13.0 Å². The summed E-state index contributed by atoms with van der Waals surface area (Å²) in [5.41, 5.74) is 2.08. The molecule has 2 nitrogen and oxygen atoms in total. The fourth-order valence-corrected chi connectivity index (χ4v) is 1.78. The lowest BCUT2D eigenvalue weighted by Gasteiger charge is -2.05. The van der Waals surface area contributed by atoms with E-state index in [2.05, 4.69) is 10.3 Å². The normalized spacial score (nSPS) is 10.6. The Hall–Kier alpha value is -1.45. The molecule has 0 amide bonds. The van der Waals surface area contributed by atoms with Crippen LogP contribution in [0.2, 0.25) is 5.02 Å². The highest BCUT2D eigenvalue weighted by Crippen LogP contribution is 2.15. The summed E-state index contributed by atoms with van der Waals surface area (Å²) in [5, 5.41) is 3.42. The van der Waals surface area contributed by atoms with Crippen molar-refractivity contribution in [1.82, 2.24) is 10.3 Å². The molecule has 0 aliphatic rings. The molecule has 1 N–H and O–H groups in total. The van der Waals surface area contributed by atoms with E-state index in [0.29, 0.717) is 6.54 Å². The lowest BCUT2D eigenvalue weighted by Crippen LogP contribution is -2.16. The number of pyridine rings is 1. The van der Waals surface area contributed by atoms with E-state index in [-0.39, 0.29) is 10.8 Å². The molecule has 0 fully saturated rings. The van der Waals surface area contributed by atoms with Crippen LogP contribution in [0.15, 0.2) is 42.7 Å². The van der Waals surface area contributed by atoms with Crippen LogP contribution in [-0.2, 0) is 13.0 Å². The molecule has 18 heavy (non-hydrogen) atoms. The Kier molecular flexibility index (Phi) is 4.67. The minimum atomic E-state index is -0.372. The quantitative estimate of drug-likeness (QED) is 0.839. The molecule has 0 unspecified atom stereocenters. The van der Waals surface area contributed by atoms with Crippen molar-refractivity contribution in [2.24, 2.45) is 0 Å². The molecule has 1 heterocycles. The highest BCUT2D eigenvalue weighted by molar-refractivity contribution is 6.30. The molecule has 0 atom stereocenters. The molecule has 2 rings (SSSR count). The summed E-state index contributed by atoms with van der Waals surface area (Å²) in [6, 6.07) is 8.82. The standard InChI is InChI=1S/C14H14ClFN2/c15-13-4-3-12(8-14(13)16)10-18-7-5-11-2-1-6-17-9-11/h1-4,6,8-9,18H,5,7,10H2. The Bertz CT molecular complexity index is 502. The summed E-state index contributed by atoms with van der Waals surface area (Å²) in [7, 11) is 0. The average Bonchev–Trinajstić information content (AvgIpc) is 2.40. The summed E-state index contributed by atoms with van der Waals surface area (Å²) >= 11 is 5.62. The molecule has 1 aromatic heterocycles. The van der Waals surface area contributed by atoms with Crippen molar-refractivity contribution >= 4 is 11.6 Å². The zero-order chi connectivity index (χ0) is 12.8. The van der Waals surface area contributed by atoms with Gasteiger partial charge in [-0.25, -0.2) is 4.39 Å². The Labute approximate surface area is 111 Å². The second-order valence-corrected chi connectivity index (χ2v) is 4.44. The van der Waals surface area contributed by atoms with Crippen LogP contribution in [0.4, 0.5) is 4.39 Å². The SMILES string of the molecule is Fc1cc(CNCCc2cccnc2)ccc1Cl. The lowest BCUT2D eigenvalue weighted by molar-refractivity contribution is 0.620. The van der Waals surface area contributed by atoms with Gasteiger partial charge in [0.2, 0.25) is 0 Å². The molecule has 94 valence electrons. The second-order valence-electron chi connectivity index (χ2n) is 4.04. The Morgan fingerprint density at radius 2 is 2.11 bits per heavy atom. The molecule has 0 aliphatic heterocycles. The first kappa shape index (κ1) is 13.0. The summed E-state index contributed by atoms with van der Waals surface area (Å²) in [5.74, 6) is -0.372. The van der Waals surface area contributed by atoms with E-state index in [1.54, 1.807) is 12.3 Å². The predicted octanol–water partition coefficient (Wildman–Crippen LogP) is 3.21. The van der Waals surface area contributed by atoms with Gasteiger partial charge >= 0.3 is 0 Å². The zero-order valence-corrected chi connectivity index (χ0v) is 10.6. The van der Waals surface area contributed by atoms with Gasteiger partial charge in [0.05, 0.1) is 5.02 Å². The third kappa shape index (κ3) is 3.79. The van der Waals surface area contributed by atoms with Crippen molar-refractivity contribution in [3.05, 3.63) is 64.7 Å². The Morgan fingerprint density at radius 1 is 1.22 bits per heavy atom. The number of benzene rings is 1. The number of nitrogens with one attached hydrogen (secondary N) is 1. The maximum absolute atomic E-state index is 13.2. The van der Waals surface area contributed by atoms with Crippen LogP contribution in [0, 0.1) is 5.82 Å². The lowest BCUT2D eigenvalue weighted by atomic mass is 10.2. The minimum Gasteiger partial charge on any atom is -0.312 e. The van der Waals surface area contributed by atoms with E-state index in [0.717, 1.165) is 18.5 Å². The van der Waals surface area contributed by atoms with Crippen LogP contribution in [0.5, 0.6) is 0 Å². The first-order valence-electron chi connectivity index (χ1n) is 5.79. The molecule has 4 heteroatoms. The van der Waals surface area contributed by atoms with Crippen molar-refractivity contribution < 1.29 is 4.39 Å². The van der Waals surface area contributed by atoms with Gasteiger partial charge in [-0.1, -0.05) is 23.7 Å². The number of hydrogen-bond donors (Lipinski definition) is 1. The largest absolute Gasteiger partial charge is 0.312 e. The molecule has 0 saturated carbocycles. The minimum absolute atomic E-state index is 0.161. The van der Waals surface area contributed by atoms with E-state index in [1.165, 1.54) is 11.6 Å². The van der Waals surface area contributed by atoms with E-state index < -0.39 is 0 Å². The van der Waals surface area contributed by atoms with E-state index in [4.69, 9.17) is 11.6 Å². The fourth-order valence-electron chi connectivity index (χ4n) is 1.66. The number of halogens is 2. The summed E-state index contributed by atoms with van der Waals surface area (Å²) in [6.45, 7) is 1.46. The molecule has 0 aliphatic carbocycles. The third-order valence-corrected chi connectivity index (χ3v) is 2.93. The van der Waals surface area contributed by atoms with Gasteiger partial charge < -0.3 is 5.32 Å². The van der Waals surface area contributed by atoms with Gasteiger partial charge in [-0.2, -0.15) is 0 Å². The van der Waals surface area contributed by atoms with Crippen LogP contribution in [0.25, 0.3) is 0 Å². The van der Waals surface area contributed by atoms with Gasteiger partial charge in [0, 0.05) is 18.9 Å². The Morgan fingerprint density at radius 3 is 2.83 bits per heavy atom. The van der Waals surface area contributed by atoms with Crippen LogP contribution < -0.4 is 5.32 Å². The third-order valence-electron chi connectivity index (χ3n) is 2.63. The number of hydrogen-bond acceptors (Lipinski definition) is 2. The second kappa shape index (κ2) is 6.47. The molecular weight excluding hydrogens is 251 g/mol. The van der Waals surface area contributed by atoms with Gasteiger partial charge in [-0.15, -0.1) is 0 Å². The number of rotatable bonds is 5. The Balaban J connectivity index is 1.77. The van der Waals surface area contributed by atoms with Crippen molar-refractivity contribution in [3.63, 3.8) is 0 Å².